The molecule has 16 heavy (non-hydrogen) atoms. The molecule has 0 aromatic heterocycles. The molecule has 5 heteroatoms. The molecule has 0 radical (unpaired) electrons. The van der Waals surface area contributed by atoms with Gasteiger partial charge in [0.15, 0.2) is 0 Å². The van der Waals surface area contributed by atoms with Crippen LogP contribution in [0.25, 0.3) is 0 Å². The fourth-order valence-corrected chi connectivity index (χ4v) is 0.840. The standard InChI is InChI=1S/C11H22N2O3/c1-5-11(3,4)7-13-10(16)12-6-8(2)9(14)15/h8H,5-7H2,1-4H3,(H,14,15)(H2,12,13,16). The maximum Gasteiger partial charge on any atom is 0.314 e. The van der Waals surface area contributed by atoms with Gasteiger partial charge in [0, 0.05) is 13.1 Å². The molecule has 0 bridgehead atoms. The van der Waals surface area contributed by atoms with Crippen molar-refractivity contribution in [3.63, 3.8) is 0 Å². The summed E-state index contributed by atoms with van der Waals surface area (Å²) in [6.45, 7) is 8.47. The Labute approximate surface area is 96.6 Å². The van der Waals surface area contributed by atoms with Gasteiger partial charge in [-0.2, -0.15) is 0 Å². The van der Waals surface area contributed by atoms with E-state index in [1.165, 1.54) is 0 Å². The first-order valence-corrected chi connectivity index (χ1v) is 5.53. The Hall–Kier alpha value is -1.26. The van der Waals surface area contributed by atoms with E-state index in [0.717, 1.165) is 6.42 Å². The molecular formula is C11H22N2O3. The summed E-state index contributed by atoms with van der Waals surface area (Å²) in [6, 6.07) is -0.311. The van der Waals surface area contributed by atoms with Gasteiger partial charge in [-0.1, -0.05) is 27.7 Å². The van der Waals surface area contributed by atoms with Crippen LogP contribution < -0.4 is 10.6 Å². The molecule has 94 valence electrons. The Morgan fingerprint density at radius 1 is 1.31 bits per heavy atom. The summed E-state index contributed by atoms with van der Waals surface area (Å²) in [5, 5.41) is 13.9. The van der Waals surface area contributed by atoms with Gasteiger partial charge in [0.05, 0.1) is 5.92 Å². The van der Waals surface area contributed by atoms with Gasteiger partial charge >= 0.3 is 12.0 Å². The fourth-order valence-electron chi connectivity index (χ4n) is 0.840. The Bertz CT molecular complexity index is 252. The van der Waals surface area contributed by atoms with E-state index < -0.39 is 11.9 Å². The molecule has 0 spiro atoms. The summed E-state index contributed by atoms with van der Waals surface area (Å²) in [5.74, 6) is -1.47. The molecule has 0 rings (SSSR count). The molecule has 0 aliphatic carbocycles. The lowest BCUT2D eigenvalue weighted by Gasteiger charge is -2.23. The van der Waals surface area contributed by atoms with Crippen LogP contribution >= 0.6 is 0 Å². The van der Waals surface area contributed by atoms with Gasteiger partial charge in [-0.15, -0.1) is 0 Å². The number of aliphatic carboxylic acids is 1. The second-order valence-corrected chi connectivity index (χ2v) is 4.82. The van der Waals surface area contributed by atoms with Crippen LogP contribution in [-0.4, -0.2) is 30.2 Å². The number of urea groups is 1. The predicted octanol–water partition coefficient (Wildman–Crippen LogP) is 1.44. The average Bonchev–Trinajstić information content (AvgIpc) is 2.23. The number of carbonyl (C=O) groups is 2. The zero-order valence-electron chi connectivity index (χ0n) is 10.5. The lowest BCUT2D eigenvalue weighted by Crippen LogP contribution is -2.42. The second-order valence-electron chi connectivity index (χ2n) is 4.82. The van der Waals surface area contributed by atoms with Gasteiger partial charge < -0.3 is 15.7 Å². The molecule has 0 saturated heterocycles. The molecule has 2 amide bonds. The van der Waals surface area contributed by atoms with Crippen molar-refractivity contribution in [2.24, 2.45) is 11.3 Å². The van der Waals surface area contributed by atoms with Crippen LogP contribution in [0.4, 0.5) is 4.79 Å². The molecule has 3 N–H and O–H groups in total. The summed E-state index contributed by atoms with van der Waals surface area (Å²) < 4.78 is 0. The normalized spacial score (nSPS) is 13.0. The van der Waals surface area contributed by atoms with E-state index in [0.29, 0.717) is 6.54 Å². The van der Waals surface area contributed by atoms with Crippen LogP contribution in [0.5, 0.6) is 0 Å². The van der Waals surface area contributed by atoms with Gasteiger partial charge in [-0.25, -0.2) is 4.79 Å². The minimum absolute atomic E-state index is 0.0652. The van der Waals surface area contributed by atoms with Crippen molar-refractivity contribution in [1.29, 1.82) is 0 Å². The molecular weight excluding hydrogens is 208 g/mol. The maximum absolute atomic E-state index is 11.3. The molecule has 0 heterocycles. The summed E-state index contributed by atoms with van der Waals surface area (Å²) >= 11 is 0. The predicted molar refractivity (Wildman–Crippen MR) is 62.3 cm³/mol. The first-order chi connectivity index (χ1) is 7.28. The smallest absolute Gasteiger partial charge is 0.314 e. The minimum atomic E-state index is -0.908. The molecule has 0 fully saturated rings. The topological polar surface area (TPSA) is 78.4 Å². The Balaban J connectivity index is 3.80. The summed E-state index contributed by atoms with van der Waals surface area (Å²) in [4.78, 5) is 21.8. The molecule has 1 unspecified atom stereocenters. The van der Waals surface area contributed by atoms with Gasteiger partial charge in [0.2, 0.25) is 0 Å². The summed E-state index contributed by atoms with van der Waals surface area (Å²) in [5.41, 5.74) is 0.0652. The number of hydrogen-bond donors (Lipinski definition) is 3. The zero-order valence-corrected chi connectivity index (χ0v) is 10.5. The number of hydrogen-bond acceptors (Lipinski definition) is 2. The van der Waals surface area contributed by atoms with Crippen LogP contribution in [0.3, 0.4) is 0 Å². The van der Waals surface area contributed by atoms with E-state index in [9.17, 15) is 9.59 Å². The zero-order chi connectivity index (χ0) is 12.8. The lowest BCUT2D eigenvalue weighted by atomic mass is 9.90. The Morgan fingerprint density at radius 3 is 2.31 bits per heavy atom. The fraction of sp³-hybridized carbons (Fsp3) is 0.818. The molecule has 0 aromatic carbocycles. The third-order valence-electron chi connectivity index (χ3n) is 2.67. The maximum atomic E-state index is 11.3. The molecule has 0 aliphatic rings. The van der Waals surface area contributed by atoms with Gasteiger partial charge in [0.25, 0.3) is 0 Å². The van der Waals surface area contributed by atoms with Crippen molar-refractivity contribution in [2.45, 2.75) is 34.1 Å². The van der Waals surface area contributed by atoms with Crippen molar-refractivity contribution in [1.82, 2.24) is 10.6 Å². The lowest BCUT2D eigenvalue weighted by molar-refractivity contribution is -0.140. The first kappa shape index (κ1) is 14.7. The molecule has 0 saturated carbocycles. The van der Waals surface area contributed by atoms with Crippen LogP contribution in [0.2, 0.25) is 0 Å². The van der Waals surface area contributed by atoms with Crippen LogP contribution in [0.15, 0.2) is 0 Å². The van der Waals surface area contributed by atoms with Crippen molar-refractivity contribution >= 4 is 12.0 Å². The number of nitrogens with one attached hydrogen (secondary N) is 2. The third-order valence-corrected chi connectivity index (χ3v) is 2.67. The number of rotatable bonds is 6. The number of carboxylic acids is 1. The van der Waals surface area contributed by atoms with Gasteiger partial charge in [-0.3, -0.25) is 4.79 Å². The largest absolute Gasteiger partial charge is 0.481 e. The summed E-state index contributed by atoms with van der Waals surface area (Å²) in [7, 11) is 0. The Morgan fingerprint density at radius 2 is 1.88 bits per heavy atom. The van der Waals surface area contributed by atoms with Crippen LogP contribution in [-0.2, 0) is 4.79 Å². The second kappa shape index (κ2) is 6.35. The molecule has 1 atom stereocenters. The van der Waals surface area contributed by atoms with Gasteiger partial charge in [-0.05, 0) is 11.8 Å². The number of carbonyl (C=O) groups excluding carboxylic acids is 1. The highest BCUT2D eigenvalue weighted by Gasteiger charge is 2.17. The van der Waals surface area contributed by atoms with Crippen molar-refractivity contribution in [3.8, 4) is 0 Å². The SMILES string of the molecule is CCC(C)(C)CNC(=O)NCC(C)C(=O)O. The Kier molecular flexibility index (Phi) is 5.85. The van der Waals surface area contributed by atoms with Crippen molar-refractivity contribution < 1.29 is 14.7 Å². The summed E-state index contributed by atoms with van der Waals surface area (Å²) in [6.07, 6.45) is 0.971. The van der Waals surface area contributed by atoms with Crippen LogP contribution in [0, 0.1) is 11.3 Å². The molecule has 0 aromatic rings. The monoisotopic (exact) mass is 230 g/mol. The molecule has 0 aliphatic heterocycles. The van der Waals surface area contributed by atoms with E-state index in [4.69, 9.17) is 5.11 Å². The highest BCUT2D eigenvalue weighted by Crippen LogP contribution is 2.17. The molecule has 5 nitrogen and oxygen atoms in total. The average molecular weight is 230 g/mol. The van der Waals surface area contributed by atoms with E-state index in [1.807, 2.05) is 0 Å². The van der Waals surface area contributed by atoms with Crippen molar-refractivity contribution in [3.05, 3.63) is 0 Å². The van der Waals surface area contributed by atoms with Crippen molar-refractivity contribution in [2.75, 3.05) is 13.1 Å². The quantitative estimate of drug-likeness (QED) is 0.646. The highest BCUT2D eigenvalue weighted by molar-refractivity contribution is 5.75. The van der Waals surface area contributed by atoms with Gasteiger partial charge in [0.1, 0.15) is 0 Å². The van der Waals surface area contributed by atoms with E-state index >= 15 is 0 Å². The van der Waals surface area contributed by atoms with Crippen LogP contribution in [0.1, 0.15) is 34.1 Å². The first-order valence-electron chi connectivity index (χ1n) is 5.53. The number of amides is 2. The van der Waals surface area contributed by atoms with E-state index in [2.05, 4.69) is 31.4 Å². The minimum Gasteiger partial charge on any atom is -0.481 e. The number of carboxylic acid groups (broad SMARTS) is 1. The highest BCUT2D eigenvalue weighted by atomic mass is 16.4. The third kappa shape index (κ3) is 6.27. The van der Waals surface area contributed by atoms with E-state index in [-0.39, 0.29) is 18.0 Å². The van der Waals surface area contributed by atoms with E-state index in [1.54, 1.807) is 6.92 Å².